The van der Waals surface area contributed by atoms with Crippen molar-refractivity contribution in [1.82, 2.24) is 15.6 Å². The molecule has 8 heteroatoms. The maximum Gasteiger partial charge on any atom is 0.213 e. The van der Waals surface area contributed by atoms with Crippen molar-refractivity contribution >= 4 is 47.2 Å². The zero-order valence-electron chi connectivity index (χ0n) is 16.8. The summed E-state index contributed by atoms with van der Waals surface area (Å²) >= 11 is 6.11. The zero-order valence-corrected chi connectivity index (χ0v) is 19.9. The van der Waals surface area contributed by atoms with E-state index >= 15 is 0 Å². The van der Waals surface area contributed by atoms with Crippen LogP contribution in [-0.2, 0) is 12.0 Å². The van der Waals surface area contributed by atoms with Crippen molar-refractivity contribution in [2.45, 2.75) is 45.2 Å². The summed E-state index contributed by atoms with van der Waals surface area (Å²) < 4.78 is 5.82. The molecule has 2 aromatic rings. The van der Waals surface area contributed by atoms with Crippen LogP contribution in [0, 0.1) is 0 Å². The minimum Gasteiger partial charge on any atom is -0.443 e. The molecule has 0 amide bonds. The largest absolute Gasteiger partial charge is 0.443 e. The first-order valence-corrected chi connectivity index (χ1v) is 9.66. The van der Waals surface area contributed by atoms with Crippen LogP contribution < -0.4 is 15.5 Å². The first-order valence-electron chi connectivity index (χ1n) is 9.28. The predicted octanol–water partition coefficient (Wildman–Crippen LogP) is 4.19. The van der Waals surface area contributed by atoms with Crippen molar-refractivity contribution in [3.63, 3.8) is 0 Å². The van der Waals surface area contributed by atoms with E-state index < -0.39 is 0 Å². The predicted molar refractivity (Wildman–Crippen MR) is 126 cm³/mol. The van der Waals surface area contributed by atoms with Crippen LogP contribution in [0.15, 0.2) is 39.9 Å². The number of oxazole rings is 1. The Morgan fingerprint density at radius 1 is 1.39 bits per heavy atom. The van der Waals surface area contributed by atoms with Gasteiger partial charge in [-0.2, -0.15) is 0 Å². The average Bonchev–Trinajstić information content (AvgIpc) is 3.28. The minimum absolute atomic E-state index is 0. The number of nitrogens with zero attached hydrogens (tertiary/aromatic N) is 3. The number of benzene rings is 1. The van der Waals surface area contributed by atoms with Gasteiger partial charge in [0.15, 0.2) is 5.96 Å². The van der Waals surface area contributed by atoms with E-state index in [1.54, 1.807) is 13.2 Å². The lowest BCUT2D eigenvalue weighted by molar-refractivity contribution is 0.379. The average molecular weight is 518 g/mol. The number of rotatable bonds is 4. The molecule has 0 aliphatic carbocycles. The minimum atomic E-state index is -0.0428. The Labute approximate surface area is 189 Å². The monoisotopic (exact) mass is 517 g/mol. The van der Waals surface area contributed by atoms with Crippen molar-refractivity contribution in [3.05, 3.63) is 47.1 Å². The molecule has 0 spiro atoms. The Morgan fingerprint density at radius 3 is 2.82 bits per heavy atom. The van der Waals surface area contributed by atoms with Crippen molar-refractivity contribution < 1.29 is 4.42 Å². The number of hydrogen-bond acceptors (Lipinski definition) is 4. The van der Waals surface area contributed by atoms with E-state index in [1.165, 1.54) is 0 Å². The highest BCUT2D eigenvalue weighted by Crippen LogP contribution is 2.24. The molecule has 0 saturated carbocycles. The van der Waals surface area contributed by atoms with Crippen molar-refractivity contribution in [3.8, 4) is 0 Å². The van der Waals surface area contributed by atoms with Crippen molar-refractivity contribution in [2.24, 2.45) is 4.99 Å². The van der Waals surface area contributed by atoms with Gasteiger partial charge in [0, 0.05) is 42.3 Å². The van der Waals surface area contributed by atoms with E-state index in [9.17, 15) is 0 Å². The summed E-state index contributed by atoms with van der Waals surface area (Å²) in [7, 11) is 1.77. The zero-order chi connectivity index (χ0) is 19.4. The number of hydrogen-bond donors (Lipinski definition) is 2. The third-order valence-corrected chi connectivity index (χ3v) is 4.86. The number of anilines is 1. The van der Waals surface area contributed by atoms with Gasteiger partial charge < -0.3 is 20.0 Å². The van der Waals surface area contributed by atoms with Gasteiger partial charge >= 0.3 is 0 Å². The maximum atomic E-state index is 6.11. The first kappa shape index (κ1) is 22.8. The summed E-state index contributed by atoms with van der Waals surface area (Å²) in [6.45, 7) is 8.73. The van der Waals surface area contributed by atoms with Crippen molar-refractivity contribution in [2.75, 3.05) is 25.0 Å². The third-order valence-electron chi connectivity index (χ3n) is 4.63. The molecule has 3 rings (SSSR count). The molecular formula is C20H29ClIN5O. The van der Waals surface area contributed by atoms with E-state index in [2.05, 4.69) is 52.3 Å². The highest BCUT2D eigenvalue weighted by molar-refractivity contribution is 14.0. The fourth-order valence-electron chi connectivity index (χ4n) is 3.07. The van der Waals surface area contributed by atoms with Crippen molar-refractivity contribution in [1.29, 1.82) is 0 Å². The molecular weight excluding hydrogens is 489 g/mol. The normalized spacial score (nSPS) is 17.4. The molecule has 1 aliphatic rings. The van der Waals surface area contributed by atoms with Gasteiger partial charge in [-0.1, -0.05) is 38.4 Å². The maximum absolute atomic E-state index is 6.11. The Kier molecular flexibility index (Phi) is 8.00. The molecule has 1 saturated heterocycles. The van der Waals surface area contributed by atoms with E-state index in [-0.39, 0.29) is 29.4 Å². The Hall–Kier alpha value is -1.48. The van der Waals surface area contributed by atoms with Crippen LogP contribution in [0.5, 0.6) is 0 Å². The molecule has 1 aliphatic heterocycles. The number of aromatic nitrogens is 1. The van der Waals surface area contributed by atoms with Gasteiger partial charge in [0.05, 0.1) is 12.7 Å². The van der Waals surface area contributed by atoms with Gasteiger partial charge in [-0.05, 0) is 24.6 Å². The molecule has 2 N–H and O–H groups in total. The quantitative estimate of drug-likeness (QED) is 0.362. The van der Waals surface area contributed by atoms with Crippen LogP contribution in [0.25, 0.3) is 0 Å². The number of guanidine groups is 1. The Morgan fingerprint density at radius 2 is 2.18 bits per heavy atom. The fourth-order valence-corrected chi connectivity index (χ4v) is 3.26. The van der Waals surface area contributed by atoms with Crippen LogP contribution in [0.1, 0.15) is 38.8 Å². The number of aliphatic imine (C=N–C) groups is 1. The molecule has 0 radical (unpaired) electrons. The van der Waals surface area contributed by atoms with Crippen LogP contribution >= 0.6 is 35.6 Å². The van der Waals surface area contributed by atoms with Crippen LogP contribution in [0.2, 0.25) is 5.02 Å². The van der Waals surface area contributed by atoms with Crippen LogP contribution in [0.3, 0.4) is 0 Å². The van der Waals surface area contributed by atoms with Gasteiger partial charge in [-0.25, -0.2) is 4.98 Å². The van der Waals surface area contributed by atoms with E-state index in [1.807, 2.05) is 18.2 Å². The lowest BCUT2D eigenvalue weighted by Gasteiger charge is -2.20. The topological polar surface area (TPSA) is 65.7 Å². The summed E-state index contributed by atoms with van der Waals surface area (Å²) in [5, 5.41) is 7.53. The summed E-state index contributed by atoms with van der Waals surface area (Å²) in [4.78, 5) is 11.0. The SMILES string of the molecule is CN=C(NCc1ncc(C(C)(C)C)o1)NC1CCN(c2cccc(Cl)c2)C1.I. The third kappa shape index (κ3) is 6.01. The van der Waals surface area contributed by atoms with Gasteiger partial charge in [0.2, 0.25) is 5.89 Å². The summed E-state index contributed by atoms with van der Waals surface area (Å²) in [6, 6.07) is 8.31. The molecule has 1 atom stereocenters. The fraction of sp³-hybridized carbons (Fsp3) is 0.500. The number of halogens is 2. The molecule has 1 unspecified atom stereocenters. The summed E-state index contributed by atoms with van der Waals surface area (Å²) in [5.41, 5.74) is 1.11. The highest BCUT2D eigenvalue weighted by atomic mass is 127. The summed E-state index contributed by atoms with van der Waals surface area (Å²) in [6.07, 6.45) is 2.84. The van der Waals surface area contributed by atoms with Gasteiger partial charge in [0.25, 0.3) is 0 Å². The van der Waals surface area contributed by atoms with Crippen LogP contribution in [-0.4, -0.2) is 37.1 Å². The second kappa shape index (κ2) is 9.82. The molecule has 2 heterocycles. The molecule has 1 aromatic heterocycles. The molecule has 28 heavy (non-hydrogen) atoms. The molecule has 0 bridgehead atoms. The van der Waals surface area contributed by atoms with Crippen LogP contribution in [0.4, 0.5) is 5.69 Å². The number of nitrogens with one attached hydrogen (secondary N) is 2. The van der Waals surface area contributed by atoms with Gasteiger partial charge in [-0.3, -0.25) is 4.99 Å². The standard InChI is InChI=1S/C20H28ClN5O.HI/c1-20(2,3)17-11-23-18(27-17)12-24-19(22-4)25-15-8-9-26(13-15)16-7-5-6-14(21)10-16;/h5-7,10-11,15H,8-9,12-13H2,1-4H3,(H2,22,24,25);1H. The summed E-state index contributed by atoms with van der Waals surface area (Å²) in [5.74, 6) is 2.30. The lowest BCUT2D eigenvalue weighted by atomic mass is 9.94. The van der Waals surface area contributed by atoms with Gasteiger partial charge in [0.1, 0.15) is 5.76 Å². The molecule has 154 valence electrons. The Balaban J connectivity index is 0.00000280. The second-order valence-corrected chi connectivity index (χ2v) is 8.29. The van der Waals surface area contributed by atoms with E-state index in [4.69, 9.17) is 16.0 Å². The molecule has 1 aromatic carbocycles. The smallest absolute Gasteiger partial charge is 0.213 e. The molecule has 1 fully saturated rings. The second-order valence-electron chi connectivity index (χ2n) is 7.85. The van der Waals surface area contributed by atoms with E-state index in [0.29, 0.717) is 18.5 Å². The van der Waals surface area contributed by atoms with Gasteiger partial charge in [-0.15, -0.1) is 24.0 Å². The molecule has 6 nitrogen and oxygen atoms in total. The Bertz CT molecular complexity index is 802. The van der Waals surface area contributed by atoms with E-state index in [0.717, 1.165) is 41.9 Å². The highest BCUT2D eigenvalue weighted by Gasteiger charge is 2.24. The first-order chi connectivity index (χ1) is 12.8. The lowest BCUT2D eigenvalue weighted by Crippen LogP contribution is -2.44.